The predicted molar refractivity (Wildman–Crippen MR) is 113 cm³/mol. The first kappa shape index (κ1) is 23.6. The maximum atomic E-state index is 14.0. The number of alkyl halides is 3. The minimum Gasteiger partial charge on any atom is -0.477 e. The highest BCUT2D eigenvalue weighted by molar-refractivity contribution is 5.64. The summed E-state index contributed by atoms with van der Waals surface area (Å²) >= 11 is 0. The molecule has 2 heterocycles. The smallest absolute Gasteiger partial charge is 0.403 e. The summed E-state index contributed by atoms with van der Waals surface area (Å²) in [5.41, 5.74) is -0.638. The third-order valence-corrected chi connectivity index (χ3v) is 6.70. The molecule has 1 aromatic heterocycles. The fourth-order valence-electron chi connectivity index (χ4n) is 4.40. The Morgan fingerprint density at radius 3 is 2.33 bits per heavy atom. The van der Waals surface area contributed by atoms with Crippen LogP contribution in [0.15, 0.2) is 36.5 Å². The van der Waals surface area contributed by atoms with Crippen LogP contribution in [0.25, 0.3) is 11.1 Å². The van der Waals surface area contributed by atoms with Crippen molar-refractivity contribution in [2.75, 3.05) is 19.7 Å². The zero-order valence-electron chi connectivity index (χ0n) is 18.1. The number of benzene rings is 1. The summed E-state index contributed by atoms with van der Waals surface area (Å²) in [7, 11) is 0. The van der Waals surface area contributed by atoms with E-state index in [1.165, 1.54) is 18.3 Å². The van der Waals surface area contributed by atoms with Gasteiger partial charge < -0.3 is 14.9 Å². The van der Waals surface area contributed by atoms with Crippen LogP contribution < -0.4 is 4.74 Å². The second kappa shape index (κ2) is 9.38. The topological polar surface area (TPSA) is 65.6 Å². The van der Waals surface area contributed by atoms with Gasteiger partial charge in [0.25, 0.3) is 0 Å². The molecule has 1 aliphatic carbocycles. The van der Waals surface area contributed by atoms with E-state index < -0.39 is 23.7 Å². The standard InChI is InChI=1S/C24H27F4N2O3/c25-20-12-17(2-4-19(20)22(31)32)18-3-5-21(29-13-18)33-14-16-6-10-30(11-7-16)15-23(8-1-9-23)24(26,27)28/h2-5,12-13,15-16,22,31-32H,1,6-11,14H2/q+1. The zero-order valence-corrected chi connectivity index (χ0v) is 18.1. The van der Waals surface area contributed by atoms with Gasteiger partial charge in [-0.3, -0.25) is 0 Å². The van der Waals surface area contributed by atoms with Gasteiger partial charge >= 0.3 is 6.18 Å². The van der Waals surface area contributed by atoms with Crippen molar-refractivity contribution in [1.82, 2.24) is 4.98 Å². The van der Waals surface area contributed by atoms with Crippen molar-refractivity contribution in [3.8, 4) is 17.0 Å². The Balaban J connectivity index is 1.29. The molecule has 0 spiro atoms. The van der Waals surface area contributed by atoms with Gasteiger partial charge in [0, 0.05) is 42.1 Å². The van der Waals surface area contributed by atoms with E-state index in [4.69, 9.17) is 14.9 Å². The molecular formula is C24H27F4N2O3+. The lowest BCUT2D eigenvalue weighted by molar-refractivity contribution is -0.542. The van der Waals surface area contributed by atoms with Gasteiger partial charge in [-0.25, -0.2) is 13.9 Å². The molecule has 5 nitrogen and oxygen atoms in total. The van der Waals surface area contributed by atoms with Crippen LogP contribution in [0.1, 0.15) is 44.0 Å². The summed E-state index contributed by atoms with van der Waals surface area (Å²) in [5, 5.41) is 18.2. The molecule has 178 valence electrons. The number of pyridine rings is 1. The van der Waals surface area contributed by atoms with Gasteiger partial charge in [0.15, 0.2) is 12.5 Å². The van der Waals surface area contributed by atoms with Crippen LogP contribution >= 0.6 is 0 Å². The van der Waals surface area contributed by atoms with Gasteiger partial charge in [-0.15, -0.1) is 0 Å². The van der Waals surface area contributed by atoms with Crippen molar-refractivity contribution >= 4 is 6.21 Å². The lowest BCUT2D eigenvalue weighted by Crippen LogP contribution is -2.48. The Kier molecular flexibility index (Phi) is 6.72. The summed E-state index contributed by atoms with van der Waals surface area (Å²) in [6, 6.07) is 7.51. The van der Waals surface area contributed by atoms with Crippen LogP contribution in [-0.2, 0) is 0 Å². The Morgan fingerprint density at radius 2 is 1.82 bits per heavy atom. The number of rotatable bonds is 6. The Labute approximate surface area is 189 Å². The number of nitrogens with zero attached hydrogens (tertiary/aromatic N) is 2. The minimum absolute atomic E-state index is 0.182. The van der Waals surface area contributed by atoms with Crippen molar-refractivity contribution in [2.24, 2.45) is 11.3 Å². The molecule has 0 atom stereocenters. The van der Waals surface area contributed by atoms with Crippen molar-refractivity contribution in [1.29, 1.82) is 0 Å². The van der Waals surface area contributed by atoms with E-state index >= 15 is 0 Å². The second-order valence-corrected chi connectivity index (χ2v) is 8.92. The summed E-state index contributed by atoms with van der Waals surface area (Å²) in [4.78, 5) is 4.25. The molecule has 0 unspecified atom stereocenters. The maximum Gasteiger partial charge on any atom is 0.403 e. The molecule has 2 fully saturated rings. The molecule has 1 saturated heterocycles. The molecule has 1 saturated carbocycles. The van der Waals surface area contributed by atoms with E-state index in [0.29, 0.717) is 43.1 Å². The number of hydrogen-bond acceptors (Lipinski definition) is 4. The van der Waals surface area contributed by atoms with E-state index in [1.807, 2.05) is 4.58 Å². The van der Waals surface area contributed by atoms with Gasteiger partial charge in [-0.05, 0) is 30.5 Å². The predicted octanol–water partition coefficient (Wildman–Crippen LogP) is 4.48. The van der Waals surface area contributed by atoms with Crippen molar-refractivity contribution < 1.29 is 37.1 Å². The van der Waals surface area contributed by atoms with Gasteiger partial charge in [0.05, 0.1) is 6.61 Å². The first-order chi connectivity index (χ1) is 15.7. The molecule has 1 aliphatic heterocycles. The fraction of sp³-hybridized carbons (Fsp3) is 0.500. The molecule has 0 bridgehead atoms. The largest absolute Gasteiger partial charge is 0.477 e. The molecular weight excluding hydrogens is 440 g/mol. The average molecular weight is 467 g/mol. The first-order valence-electron chi connectivity index (χ1n) is 11.1. The molecule has 33 heavy (non-hydrogen) atoms. The van der Waals surface area contributed by atoms with E-state index in [1.54, 1.807) is 24.4 Å². The molecule has 4 rings (SSSR count). The van der Waals surface area contributed by atoms with E-state index in [0.717, 1.165) is 12.8 Å². The molecule has 2 aromatic rings. The van der Waals surface area contributed by atoms with Crippen LogP contribution in [0, 0.1) is 17.2 Å². The van der Waals surface area contributed by atoms with Crippen molar-refractivity contribution in [3.05, 3.63) is 47.9 Å². The van der Waals surface area contributed by atoms with E-state index in [9.17, 15) is 17.6 Å². The first-order valence-corrected chi connectivity index (χ1v) is 11.1. The van der Waals surface area contributed by atoms with E-state index in [-0.39, 0.29) is 24.3 Å². The monoisotopic (exact) mass is 467 g/mol. The van der Waals surface area contributed by atoms with Crippen LogP contribution in [0.5, 0.6) is 5.88 Å². The third-order valence-electron chi connectivity index (χ3n) is 6.70. The third kappa shape index (κ3) is 5.19. The van der Waals surface area contributed by atoms with Crippen molar-refractivity contribution in [2.45, 2.75) is 44.6 Å². The lowest BCUT2D eigenvalue weighted by Gasteiger charge is -2.38. The highest BCUT2D eigenvalue weighted by atomic mass is 19.4. The summed E-state index contributed by atoms with van der Waals surface area (Å²) in [6.07, 6.45) is -0.592. The molecule has 1 aromatic carbocycles. The number of aliphatic hydroxyl groups excluding tert-OH is 1. The lowest BCUT2D eigenvalue weighted by atomic mass is 9.69. The van der Waals surface area contributed by atoms with Gasteiger partial charge in [0.2, 0.25) is 5.88 Å². The molecule has 0 radical (unpaired) electrons. The molecule has 9 heteroatoms. The van der Waals surface area contributed by atoms with Crippen LogP contribution in [0.3, 0.4) is 0 Å². The average Bonchev–Trinajstić information content (AvgIpc) is 2.75. The number of hydrogen-bond donors (Lipinski definition) is 2. The molecule has 0 amide bonds. The highest BCUT2D eigenvalue weighted by Crippen LogP contribution is 2.51. The van der Waals surface area contributed by atoms with Crippen LogP contribution in [0.4, 0.5) is 17.6 Å². The summed E-state index contributed by atoms with van der Waals surface area (Å²) in [5.74, 6) is -0.0584. The normalized spacial score (nSPS) is 20.5. The highest BCUT2D eigenvalue weighted by Gasteiger charge is 2.60. The quantitative estimate of drug-likeness (QED) is 0.374. The Morgan fingerprint density at radius 1 is 1.12 bits per heavy atom. The SMILES string of the molecule is OC(O)c1ccc(-c2ccc(OCC3CC[N+](=CC4(C(F)(F)F)CCC4)CC3)nc2)cc1F. The second-order valence-electron chi connectivity index (χ2n) is 8.92. The number of aliphatic hydroxyl groups is 2. The number of aromatic nitrogens is 1. The summed E-state index contributed by atoms with van der Waals surface area (Å²) < 4.78 is 61.7. The number of halogens is 4. The fourth-order valence-corrected chi connectivity index (χ4v) is 4.40. The summed E-state index contributed by atoms with van der Waals surface area (Å²) in [6.45, 7) is 1.60. The van der Waals surface area contributed by atoms with Gasteiger partial charge in [0.1, 0.15) is 24.3 Å². The molecule has 2 N–H and O–H groups in total. The van der Waals surface area contributed by atoms with Crippen molar-refractivity contribution in [3.63, 3.8) is 0 Å². The number of ether oxygens (including phenoxy) is 1. The number of piperidine rings is 1. The van der Waals surface area contributed by atoms with Crippen LogP contribution in [0.2, 0.25) is 0 Å². The molecule has 2 aliphatic rings. The Bertz CT molecular complexity index is 992. The minimum atomic E-state index is -4.18. The zero-order chi connectivity index (χ0) is 23.6. The maximum absolute atomic E-state index is 14.0. The van der Waals surface area contributed by atoms with Gasteiger partial charge in [-0.1, -0.05) is 18.6 Å². The Hall–Kier alpha value is -2.52. The van der Waals surface area contributed by atoms with Gasteiger partial charge in [-0.2, -0.15) is 13.2 Å². The van der Waals surface area contributed by atoms with E-state index in [2.05, 4.69) is 4.98 Å². The van der Waals surface area contributed by atoms with Crippen LogP contribution in [-0.4, -0.2) is 51.9 Å².